The summed E-state index contributed by atoms with van der Waals surface area (Å²) in [5.74, 6) is 0.254. The van der Waals surface area contributed by atoms with Crippen LogP contribution in [0.4, 0.5) is 0 Å². The largest absolute Gasteiger partial charge is 0.376 e. The zero-order valence-corrected chi connectivity index (χ0v) is 12.8. The van der Waals surface area contributed by atoms with Crippen molar-refractivity contribution in [3.63, 3.8) is 0 Å². The first-order valence-corrected chi connectivity index (χ1v) is 6.84. The van der Waals surface area contributed by atoms with E-state index in [4.69, 9.17) is 4.74 Å². The maximum absolute atomic E-state index is 5.15. The molecule has 0 aliphatic carbocycles. The van der Waals surface area contributed by atoms with E-state index in [1.54, 1.807) is 11.9 Å². The molecule has 0 radical (unpaired) electrons. The van der Waals surface area contributed by atoms with Crippen LogP contribution in [-0.2, 0) is 24.9 Å². The van der Waals surface area contributed by atoms with Gasteiger partial charge in [-0.25, -0.2) is 0 Å². The van der Waals surface area contributed by atoms with Crippen LogP contribution in [-0.4, -0.2) is 32.0 Å². The molecule has 0 spiro atoms. The van der Waals surface area contributed by atoms with Crippen molar-refractivity contribution in [2.45, 2.75) is 45.9 Å². The number of aromatic nitrogens is 6. The van der Waals surface area contributed by atoms with E-state index in [0.717, 1.165) is 17.9 Å². The molecule has 0 saturated heterocycles. The first-order chi connectivity index (χ1) is 9.51. The van der Waals surface area contributed by atoms with Crippen LogP contribution in [0.5, 0.6) is 0 Å². The van der Waals surface area contributed by atoms with Crippen LogP contribution >= 0.6 is 0 Å². The summed E-state index contributed by atoms with van der Waals surface area (Å²) in [5, 5.41) is 13.1. The number of hydrogen-bond acceptors (Lipinski definition) is 4. The third-order valence-corrected chi connectivity index (χ3v) is 3.17. The minimum absolute atomic E-state index is 0.254. The van der Waals surface area contributed by atoms with Gasteiger partial charge in [0.2, 0.25) is 5.69 Å². The first-order valence-electron chi connectivity index (χ1n) is 6.84. The van der Waals surface area contributed by atoms with Gasteiger partial charge in [-0.05, 0) is 18.6 Å². The summed E-state index contributed by atoms with van der Waals surface area (Å²) < 4.78 is 7.28. The van der Waals surface area contributed by atoms with Gasteiger partial charge in [0, 0.05) is 25.2 Å². The van der Waals surface area contributed by atoms with Gasteiger partial charge in [0.1, 0.15) is 19.2 Å². The summed E-state index contributed by atoms with van der Waals surface area (Å²) in [5.41, 5.74) is 1.92. The quantitative estimate of drug-likeness (QED) is 0.735. The van der Waals surface area contributed by atoms with Crippen molar-refractivity contribution in [1.82, 2.24) is 24.9 Å². The summed E-state index contributed by atoms with van der Waals surface area (Å²) in [6.07, 6.45) is 3.85. The molecule has 7 heteroatoms. The van der Waals surface area contributed by atoms with E-state index in [9.17, 15) is 0 Å². The van der Waals surface area contributed by atoms with Gasteiger partial charge < -0.3 is 4.74 Å². The van der Waals surface area contributed by atoms with Crippen LogP contribution in [0.25, 0.3) is 0 Å². The molecule has 20 heavy (non-hydrogen) atoms. The minimum atomic E-state index is 0.254. The SMILES string of the molecule is COCc1c[n+](C(C)C)n(CC(C)c2cnn(C)n2)n1. The molecule has 0 N–H and O–H groups in total. The molecule has 0 amide bonds. The molecular formula is C13H23N6O+. The van der Waals surface area contributed by atoms with Gasteiger partial charge in [0.25, 0.3) is 0 Å². The second kappa shape index (κ2) is 6.13. The Hall–Kier alpha value is -1.76. The Balaban J connectivity index is 2.18. The summed E-state index contributed by atoms with van der Waals surface area (Å²) in [4.78, 5) is 3.57. The molecule has 2 rings (SSSR count). The molecule has 2 aromatic rings. The molecule has 2 heterocycles. The van der Waals surface area contributed by atoms with Gasteiger partial charge in [-0.15, -0.1) is 0 Å². The van der Waals surface area contributed by atoms with Crippen molar-refractivity contribution in [1.29, 1.82) is 0 Å². The fourth-order valence-electron chi connectivity index (χ4n) is 2.14. The second-order valence-corrected chi connectivity index (χ2v) is 5.34. The normalized spacial score (nSPS) is 13.1. The number of ether oxygens (including phenoxy) is 1. The number of nitrogens with zero attached hydrogens (tertiary/aromatic N) is 6. The van der Waals surface area contributed by atoms with Gasteiger partial charge >= 0.3 is 0 Å². The van der Waals surface area contributed by atoms with Crippen LogP contribution in [0.15, 0.2) is 12.4 Å². The Morgan fingerprint density at radius 2 is 2.05 bits per heavy atom. The van der Waals surface area contributed by atoms with E-state index in [-0.39, 0.29) is 5.92 Å². The lowest BCUT2D eigenvalue weighted by Crippen LogP contribution is -2.45. The minimum Gasteiger partial charge on any atom is -0.376 e. The zero-order chi connectivity index (χ0) is 14.7. The molecular weight excluding hydrogens is 256 g/mol. The molecule has 1 unspecified atom stereocenters. The number of hydrogen-bond donors (Lipinski definition) is 0. The topological polar surface area (TPSA) is 61.6 Å². The van der Waals surface area contributed by atoms with Gasteiger partial charge in [-0.3, -0.25) is 0 Å². The molecule has 7 nitrogen and oxygen atoms in total. The zero-order valence-electron chi connectivity index (χ0n) is 12.8. The van der Waals surface area contributed by atoms with E-state index < -0.39 is 0 Å². The maximum Gasteiger partial charge on any atom is 0.244 e. The van der Waals surface area contributed by atoms with E-state index in [0.29, 0.717) is 12.6 Å². The molecule has 2 aromatic heterocycles. The average Bonchev–Trinajstić information content (AvgIpc) is 2.96. The van der Waals surface area contributed by atoms with Gasteiger partial charge in [-0.2, -0.15) is 19.7 Å². The van der Waals surface area contributed by atoms with E-state index in [1.807, 2.05) is 24.2 Å². The van der Waals surface area contributed by atoms with Crippen LogP contribution in [0, 0.1) is 0 Å². The summed E-state index contributed by atoms with van der Waals surface area (Å²) >= 11 is 0. The van der Waals surface area contributed by atoms with Crippen molar-refractivity contribution in [3.05, 3.63) is 23.8 Å². The van der Waals surface area contributed by atoms with Crippen molar-refractivity contribution < 1.29 is 9.42 Å². The lowest BCUT2D eigenvalue weighted by Gasteiger charge is -2.08. The molecule has 0 saturated carbocycles. The summed E-state index contributed by atoms with van der Waals surface area (Å²) in [6.45, 7) is 7.70. The van der Waals surface area contributed by atoms with Crippen molar-refractivity contribution in [3.8, 4) is 0 Å². The number of rotatable bonds is 6. The van der Waals surface area contributed by atoms with Gasteiger partial charge in [0.15, 0.2) is 6.20 Å². The number of methoxy groups -OCH3 is 1. The Morgan fingerprint density at radius 3 is 2.60 bits per heavy atom. The maximum atomic E-state index is 5.15. The molecule has 0 aliphatic heterocycles. The Bertz CT molecular complexity index is 559. The summed E-state index contributed by atoms with van der Waals surface area (Å²) in [6, 6.07) is 0.349. The van der Waals surface area contributed by atoms with E-state index in [1.165, 1.54) is 0 Å². The highest BCUT2D eigenvalue weighted by Crippen LogP contribution is 2.13. The third-order valence-electron chi connectivity index (χ3n) is 3.17. The molecule has 0 aromatic carbocycles. The van der Waals surface area contributed by atoms with Crippen LogP contribution in [0.2, 0.25) is 0 Å². The van der Waals surface area contributed by atoms with Gasteiger partial charge in [-0.1, -0.05) is 6.92 Å². The van der Waals surface area contributed by atoms with Crippen LogP contribution in [0.3, 0.4) is 0 Å². The van der Waals surface area contributed by atoms with Crippen molar-refractivity contribution in [2.24, 2.45) is 7.05 Å². The van der Waals surface area contributed by atoms with Crippen molar-refractivity contribution in [2.75, 3.05) is 7.11 Å². The van der Waals surface area contributed by atoms with Gasteiger partial charge in [0.05, 0.1) is 11.9 Å². The fraction of sp³-hybridized carbons (Fsp3) is 0.692. The summed E-state index contributed by atoms with van der Waals surface area (Å²) in [7, 11) is 3.51. The first kappa shape index (κ1) is 14.6. The monoisotopic (exact) mass is 279 g/mol. The van der Waals surface area contributed by atoms with Crippen LogP contribution in [0.1, 0.15) is 44.1 Å². The standard InChI is InChI=1S/C13H23N6O/c1-10(2)18-8-12(9-20-5)15-19(18)7-11(3)13-6-14-17(4)16-13/h6,8,10-11H,7,9H2,1-5H3/q+1. The lowest BCUT2D eigenvalue weighted by molar-refractivity contribution is -0.796. The highest BCUT2D eigenvalue weighted by Gasteiger charge is 2.22. The average molecular weight is 279 g/mol. The Labute approximate surface area is 119 Å². The number of aryl methyl sites for hydroxylation is 1. The molecule has 1 atom stereocenters. The Kier molecular flexibility index (Phi) is 4.49. The highest BCUT2D eigenvalue weighted by atomic mass is 16.5. The third kappa shape index (κ3) is 3.22. The molecule has 0 aliphatic rings. The highest BCUT2D eigenvalue weighted by molar-refractivity contribution is 4.98. The predicted octanol–water partition coefficient (Wildman–Crippen LogP) is 0.830. The second-order valence-electron chi connectivity index (χ2n) is 5.34. The Morgan fingerprint density at radius 1 is 1.30 bits per heavy atom. The van der Waals surface area contributed by atoms with Crippen LogP contribution < -0.4 is 4.68 Å². The smallest absolute Gasteiger partial charge is 0.244 e. The lowest BCUT2D eigenvalue weighted by atomic mass is 10.1. The van der Waals surface area contributed by atoms with E-state index >= 15 is 0 Å². The van der Waals surface area contributed by atoms with E-state index in [2.05, 4.69) is 40.7 Å². The predicted molar refractivity (Wildman–Crippen MR) is 72.9 cm³/mol. The molecule has 0 fully saturated rings. The van der Waals surface area contributed by atoms with Crippen molar-refractivity contribution >= 4 is 0 Å². The fourth-order valence-corrected chi connectivity index (χ4v) is 2.14. The molecule has 0 bridgehead atoms. The molecule has 110 valence electrons.